The monoisotopic (exact) mass is 201 g/mol. The Bertz CT molecular complexity index is 348. The number of aryl methyl sites for hydroxylation is 1. The van der Waals surface area contributed by atoms with E-state index in [1.807, 2.05) is 0 Å². The summed E-state index contributed by atoms with van der Waals surface area (Å²) in [5.74, 6) is 0. The van der Waals surface area contributed by atoms with Gasteiger partial charge >= 0.3 is 0 Å². The van der Waals surface area contributed by atoms with Crippen LogP contribution in [0.2, 0.25) is 0 Å². The van der Waals surface area contributed by atoms with Gasteiger partial charge in [-0.05, 0) is 44.7 Å². The van der Waals surface area contributed by atoms with E-state index in [1.165, 1.54) is 42.6 Å². The third-order valence-corrected chi connectivity index (χ3v) is 3.12. The molecule has 1 aromatic carbocycles. The van der Waals surface area contributed by atoms with Crippen molar-refractivity contribution in [2.24, 2.45) is 0 Å². The lowest BCUT2D eigenvalue weighted by Crippen LogP contribution is -2.17. The Morgan fingerprint density at radius 1 is 1.07 bits per heavy atom. The van der Waals surface area contributed by atoms with Crippen molar-refractivity contribution in [2.75, 3.05) is 11.9 Å². The van der Waals surface area contributed by atoms with Gasteiger partial charge in [0.15, 0.2) is 0 Å². The van der Waals surface area contributed by atoms with Crippen LogP contribution in [0.15, 0.2) is 36.0 Å². The molecule has 0 atom stereocenters. The summed E-state index contributed by atoms with van der Waals surface area (Å²) in [6, 6.07) is 8.75. The zero-order valence-electron chi connectivity index (χ0n) is 9.66. The molecule has 0 unspecified atom stereocenters. The number of benzene rings is 1. The van der Waals surface area contributed by atoms with Crippen LogP contribution < -0.4 is 4.90 Å². The van der Waals surface area contributed by atoms with Crippen molar-refractivity contribution in [3.63, 3.8) is 0 Å². The second-order valence-corrected chi connectivity index (χ2v) is 4.34. The zero-order chi connectivity index (χ0) is 10.7. The van der Waals surface area contributed by atoms with Gasteiger partial charge in [-0.15, -0.1) is 0 Å². The number of nitrogens with zero attached hydrogens (tertiary/aromatic N) is 1. The first-order chi connectivity index (χ1) is 7.27. The summed E-state index contributed by atoms with van der Waals surface area (Å²) in [6.07, 6.45) is 7.53. The number of allylic oxidation sites excluding steroid dienone is 2. The molecule has 1 aliphatic carbocycles. The van der Waals surface area contributed by atoms with Crippen molar-refractivity contribution in [2.45, 2.75) is 32.6 Å². The highest BCUT2D eigenvalue weighted by Crippen LogP contribution is 2.25. The molecule has 0 saturated heterocycles. The molecule has 0 fully saturated rings. The third kappa shape index (κ3) is 2.41. The Kier molecular flexibility index (Phi) is 3.10. The van der Waals surface area contributed by atoms with Crippen LogP contribution in [0.3, 0.4) is 0 Å². The fraction of sp³-hybridized carbons (Fsp3) is 0.429. The molecular weight excluding hydrogens is 182 g/mol. The summed E-state index contributed by atoms with van der Waals surface area (Å²) in [4.78, 5) is 2.32. The molecule has 0 amide bonds. The number of hydrogen-bond acceptors (Lipinski definition) is 1. The maximum absolute atomic E-state index is 2.38. The molecular formula is C14H19N. The highest BCUT2D eigenvalue weighted by Gasteiger charge is 2.09. The first-order valence-corrected chi connectivity index (χ1v) is 5.77. The van der Waals surface area contributed by atoms with E-state index in [2.05, 4.69) is 49.2 Å². The van der Waals surface area contributed by atoms with E-state index in [4.69, 9.17) is 0 Å². The number of rotatable bonds is 2. The van der Waals surface area contributed by atoms with Crippen LogP contribution in [0, 0.1) is 6.92 Å². The van der Waals surface area contributed by atoms with Gasteiger partial charge in [0.05, 0.1) is 0 Å². The van der Waals surface area contributed by atoms with E-state index in [-0.39, 0.29) is 0 Å². The molecule has 0 bridgehead atoms. The minimum Gasteiger partial charge on any atom is -0.349 e. The van der Waals surface area contributed by atoms with Crippen molar-refractivity contribution in [1.29, 1.82) is 0 Å². The predicted molar refractivity (Wildman–Crippen MR) is 66.1 cm³/mol. The van der Waals surface area contributed by atoms with Crippen LogP contribution in [0.5, 0.6) is 0 Å². The Morgan fingerprint density at radius 3 is 2.40 bits per heavy atom. The zero-order valence-corrected chi connectivity index (χ0v) is 9.66. The highest BCUT2D eigenvalue weighted by molar-refractivity contribution is 5.52. The first-order valence-electron chi connectivity index (χ1n) is 5.77. The lowest BCUT2D eigenvalue weighted by molar-refractivity contribution is 0.685. The molecule has 15 heavy (non-hydrogen) atoms. The van der Waals surface area contributed by atoms with Crippen LogP contribution in [0.4, 0.5) is 5.69 Å². The lowest BCUT2D eigenvalue weighted by Gasteiger charge is -2.25. The van der Waals surface area contributed by atoms with Gasteiger partial charge in [-0.1, -0.05) is 23.8 Å². The molecule has 0 aromatic heterocycles. The lowest BCUT2D eigenvalue weighted by atomic mass is 10.0. The minimum atomic E-state index is 1.23. The van der Waals surface area contributed by atoms with E-state index >= 15 is 0 Å². The second kappa shape index (κ2) is 4.52. The molecule has 1 nitrogen and oxygen atoms in total. The molecule has 2 rings (SSSR count). The van der Waals surface area contributed by atoms with Crippen molar-refractivity contribution in [3.05, 3.63) is 41.6 Å². The average molecular weight is 201 g/mol. The van der Waals surface area contributed by atoms with Crippen molar-refractivity contribution >= 4 is 5.69 Å². The van der Waals surface area contributed by atoms with Gasteiger partial charge in [0.2, 0.25) is 0 Å². The molecule has 1 heteroatoms. The van der Waals surface area contributed by atoms with E-state index in [9.17, 15) is 0 Å². The van der Waals surface area contributed by atoms with Crippen LogP contribution in [0.1, 0.15) is 31.2 Å². The predicted octanol–water partition coefficient (Wildman–Crippen LogP) is 3.89. The summed E-state index contributed by atoms with van der Waals surface area (Å²) < 4.78 is 0. The molecule has 0 spiro atoms. The molecule has 0 radical (unpaired) electrons. The summed E-state index contributed by atoms with van der Waals surface area (Å²) in [6.45, 7) is 2.13. The maximum Gasteiger partial charge on any atom is 0.0405 e. The number of hydrogen-bond donors (Lipinski definition) is 0. The van der Waals surface area contributed by atoms with Gasteiger partial charge < -0.3 is 4.90 Å². The summed E-state index contributed by atoms with van der Waals surface area (Å²) in [5, 5.41) is 0. The fourth-order valence-corrected chi connectivity index (χ4v) is 2.06. The standard InChI is InChI=1S/C14H19N/c1-12-8-10-14(11-9-12)15(2)13-6-4-3-5-7-13/h6,8-11H,3-5,7H2,1-2H3. The second-order valence-electron chi connectivity index (χ2n) is 4.34. The Labute approximate surface area is 92.4 Å². The van der Waals surface area contributed by atoms with E-state index in [1.54, 1.807) is 0 Å². The van der Waals surface area contributed by atoms with Gasteiger partial charge in [-0.2, -0.15) is 0 Å². The smallest absolute Gasteiger partial charge is 0.0405 e. The number of anilines is 1. The minimum absolute atomic E-state index is 1.23. The molecule has 0 saturated carbocycles. The van der Waals surface area contributed by atoms with E-state index in [0.717, 1.165) is 0 Å². The van der Waals surface area contributed by atoms with E-state index in [0.29, 0.717) is 0 Å². The Hall–Kier alpha value is -1.24. The Balaban J connectivity index is 2.16. The van der Waals surface area contributed by atoms with Gasteiger partial charge in [0.25, 0.3) is 0 Å². The summed E-state index contributed by atoms with van der Waals surface area (Å²) in [5.41, 5.74) is 4.10. The molecule has 0 aliphatic heterocycles. The SMILES string of the molecule is Cc1ccc(N(C)C2=CCCCC2)cc1. The van der Waals surface area contributed by atoms with Gasteiger partial charge in [-0.25, -0.2) is 0 Å². The normalized spacial score (nSPS) is 16.0. The Morgan fingerprint density at radius 2 is 1.80 bits per heavy atom. The molecule has 80 valence electrons. The average Bonchev–Trinajstić information content (AvgIpc) is 2.30. The van der Waals surface area contributed by atoms with Crippen molar-refractivity contribution in [1.82, 2.24) is 0 Å². The van der Waals surface area contributed by atoms with Crippen LogP contribution in [0.25, 0.3) is 0 Å². The van der Waals surface area contributed by atoms with E-state index < -0.39 is 0 Å². The molecule has 0 heterocycles. The molecule has 1 aliphatic rings. The fourth-order valence-electron chi connectivity index (χ4n) is 2.06. The third-order valence-electron chi connectivity index (χ3n) is 3.12. The topological polar surface area (TPSA) is 3.24 Å². The van der Waals surface area contributed by atoms with Crippen LogP contribution in [-0.4, -0.2) is 7.05 Å². The first kappa shape index (κ1) is 10.3. The van der Waals surface area contributed by atoms with Gasteiger partial charge in [-0.3, -0.25) is 0 Å². The maximum atomic E-state index is 2.38. The van der Waals surface area contributed by atoms with Crippen LogP contribution in [-0.2, 0) is 0 Å². The van der Waals surface area contributed by atoms with Crippen molar-refractivity contribution < 1.29 is 0 Å². The highest BCUT2D eigenvalue weighted by atomic mass is 15.1. The quantitative estimate of drug-likeness (QED) is 0.701. The summed E-state index contributed by atoms with van der Waals surface area (Å²) >= 11 is 0. The van der Waals surface area contributed by atoms with Crippen molar-refractivity contribution in [3.8, 4) is 0 Å². The molecule has 1 aromatic rings. The largest absolute Gasteiger partial charge is 0.349 e. The van der Waals surface area contributed by atoms with Gasteiger partial charge in [0, 0.05) is 18.4 Å². The van der Waals surface area contributed by atoms with Gasteiger partial charge in [0.1, 0.15) is 0 Å². The van der Waals surface area contributed by atoms with Crippen LogP contribution >= 0.6 is 0 Å². The molecule has 0 N–H and O–H groups in total. The summed E-state index contributed by atoms with van der Waals surface area (Å²) in [7, 11) is 2.17.